The zero-order valence-electron chi connectivity index (χ0n) is 14.5. The number of anilines is 1. The van der Waals surface area contributed by atoms with Crippen LogP contribution in [0.15, 0.2) is 42.5 Å². The van der Waals surface area contributed by atoms with E-state index in [1.54, 1.807) is 0 Å². The predicted octanol–water partition coefficient (Wildman–Crippen LogP) is 4.73. The van der Waals surface area contributed by atoms with E-state index in [4.69, 9.17) is 29.8 Å². The number of imide groups is 1. The molecule has 3 amide bonds. The Kier molecular flexibility index (Phi) is 4.37. The Morgan fingerprint density at radius 2 is 1.71 bits per heavy atom. The molecule has 0 radical (unpaired) electrons. The van der Waals surface area contributed by atoms with E-state index in [0.717, 1.165) is 4.90 Å². The topological polar surface area (TPSA) is 62.1 Å². The normalized spacial score (nSPS) is 21.0. The number of nitrogens with zero attached hydrogens (tertiary/aromatic N) is 3. The molecule has 2 saturated heterocycles. The fraction of sp³-hybridized carbons (Fsp3) is 0.200. The van der Waals surface area contributed by atoms with E-state index in [2.05, 4.69) is 4.85 Å². The summed E-state index contributed by atoms with van der Waals surface area (Å²) in [6.45, 7) is 7.33. The van der Waals surface area contributed by atoms with Crippen LogP contribution in [0.2, 0.25) is 10.0 Å². The van der Waals surface area contributed by atoms with Crippen molar-refractivity contribution in [3.8, 4) is 0 Å². The van der Waals surface area contributed by atoms with Crippen molar-refractivity contribution in [1.82, 2.24) is 4.90 Å². The second kappa shape index (κ2) is 6.62. The molecule has 8 heteroatoms. The van der Waals surface area contributed by atoms with E-state index in [1.165, 1.54) is 47.4 Å². The minimum Gasteiger partial charge on any atom is -0.302 e. The summed E-state index contributed by atoms with van der Waals surface area (Å²) in [5.74, 6) is -1.05. The van der Waals surface area contributed by atoms with Crippen molar-refractivity contribution in [1.29, 1.82) is 0 Å². The van der Waals surface area contributed by atoms with E-state index in [9.17, 15) is 14.4 Å². The molecule has 28 heavy (non-hydrogen) atoms. The van der Waals surface area contributed by atoms with Gasteiger partial charge in [0, 0.05) is 22.2 Å². The van der Waals surface area contributed by atoms with Crippen LogP contribution in [0, 0.1) is 6.57 Å². The van der Waals surface area contributed by atoms with Gasteiger partial charge in [-0.15, -0.1) is 0 Å². The van der Waals surface area contributed by atoms with Crippen LogP contribution in [0.4, 0.5) is 16.2 Å². The monoisotopic (exact) mass is 413 g/mol. The third-order valence-corrected chi connectivity index (χ3v) is 5.54. The number of Topliss-reactive ketones (excluding diaryl/α,β-unsaturated/α-hetero) is 1. The zero-order chi connectivity index (χ0) is 20.1. The molecule has 0 N–H and O–H groups in total. The first-order chi connectivity index (χ1) is 13.4. The fourth-order valence-corrected chi connectivity index (χ4v) is 4.36. The number of amides is 3. The highest BCUT2D eigenvalue weighted by Gasteiger charge is 2.64. The number of urea groups is 1. The highest BCUT2D eigenvalue weighted by Crippen LogP contribution is 2.43. The molecule has 0 aliphatic carbocycles. The molecule has 0 bridgehead atoms. The number of rotatable bonds is 3. The molecule has 2 aromatic carbocycles. The molecule has 6 nitrogen and oxygen atoms in total. The summed E-state index contributed by atoms with van der Waals surface area (Å²) < 4.78 is 0. The van der Waals surface area contributed by atoms with Gasteiger partial charge in [-0.1, -0.05) is 47.5 Å². The molecule has 0 spiro atoms. The lowest BCUT2D eigenvalue weighted by Gasteiger charge is -2.26. The first-order valence-electron chi connectivity index (χ1n) is 8.53. The van der Waals surface area contributed by atoms with E-state index in [0.29, 0.717) is 18.7 Å². The van der Waals surface area contributed by atoms with Gasteiger partial charge in [0.2, 0.25) is 0 Å². The molecule has 4 rings (SSSR count). The second-order valence-electron chi connectivity index (χ2n) is 6.65. The summed E-state index contributed by atoms with van der Waals surface area (Å²) in [7, 11) is 0. The summed E-state index contributed by atoms with van der Waals surface area (Å²) in [4.78, 5) is 45.4. The van der Waals surface area contributed by atoms with Crippen molar-refractivity contribution in [3.05, 3.63) is 69.5 Å². The van der Waals surface area contributed by atoms with Crippen molar-refractivity contribution >= 4 is 52.3 Å². The van der Waals surface area contributed by atoms with Crippen molar-refractivity contribution in [2.45, 2.75) is 18.4 Å². The number of carbonyl (C=O) groups excluding carboxylic acids is 3. The van der Waals surface area contributed by atoms with Gasteiger partial charge in [-0.3, -0.25) is 9.59 Å². The quantitative estimate of drug-likeness (QED) is 0.316. The Morgan fingerprint density at radius 3 is 2.32 bits per heavy atom. The minimum absolute atomic E-state index is 0.234. The molecule has 1 atom stereocenters. The number of carbonyl (C=O) groups is 3. The second-order valence-corrected chi connectivity index (χ2v) is 7.53. The molecule has 0 saturated carbocycles. The maximum Gasteiger partial charge on any atom is 0.332 e. The molecule has 2 aromatic rings. The average Bonchev–Trinajstić information content (AvgIpc) is 3.20. The summed E-state index contributed by atoms with van der Waals surface area (Å²) in [5, 5.41) is 0.565. The van der Waals surface area contributed by atoms with Crippen molar-refractivity contribution in [2.75, 3.05) is 11.4 Å². The lowest BCUT2D eigenvalue weighted by molar-refractivity contribution is -0.122. The Balaban J connectivity index is 1.79. The molecular formula is C20H13Cl2N3O3. The van der Waals surface area contributed by atoms with Crippen LogP contribution in [-0.2, 0) is 4.79 Å². The van der Waals surface area contributed by atoms with E-state index in [-0.39, 0.29) is 27.7 Å². The Bertz CT molecular complexity index is 1040. The fourth-order valence-electron chi connectivity index (χ4n) is 3.85. The van der Waals surface area contributed by atoms with E-state index >= 15 is 0 Å². The van der Waals surface area contributed by atoms with Gasteiger partial charge >= 0.3 is 6.03 Å². The molecular weight excluding hydrogens is 401 g/mol. The Morgan fingerprint density at radius 1 is 1.07 bits per heavy atom. The van der Waals surface area contributed by atoms with E-state index < -0.39 is 23.3 Å². The summed E-state index contributed by atoms with van der Waals surface area (Å²) in [5.41, 5.74) is -0.670. The van der Waals surface area contributed by atoms with Gasteiger partial charge in [0.15, 0.2) is 17.0 Å². The largest absolute Gasteiger partial charge is 0.332 e. The maximum absolute atomic E-state index is 13.4. The standard InChI is InChI=1S/C20H13Cl2N3O3/c1-23-15-5-3-12(4-6-15)17(26)20-7-2-8-24(20)19(28)25(18(20)27)16-10-13(21)9-14(22)11-16/h3-6,9-11H,2,7-8H2. The van der Waals surface area contributed by atoms with Gasteiger partial charge in [-0.25, -0.2) is 14.5 Å². The first kappa shape index (κ1) is 18.5. The zero-order valence-corrected chi connectivity index (χ0v) is 16.0. The van der Waals surface area contributed by atoms with Crippen LogP contribution in [0.3, 0.4) is 0 Å². The summed E-state index contributed by atoms with van der Waals surface area (Å²) in [6.07, 6.45) is 0.791. The number of ketones is 1. The van der Waals surface area contributed by atoms with Crippen molar-refractivity contribution in [2.24, 2.45) is 0 Å². The third-order valence-electron chi connectivity index (χ3n) is 5.10. The number of halogens is 2. The van der Waals surface area contributed by atoms with Crippen LogP contribution in [0.5, 0.6) is 0 Å². The third kappa shape index (κ3) is 2.59. The molecule has 0 aromatic heterocycles. The van der Waals surface area contributed by atoms with Crippen LogP contribution >= 0.6 is 23.2 Å². The first-order valence-corrected chi connectivity index (χ1v) is 9.28. The smallest absolute Gasteiger partial charge is 0.302 e. The maximum atomic E-state index is 13.4. The summed E-state index contributed by atoms with van der Waals surface area (Å²) in [6, 6.07) is 9.93. The van der Waals surface area contributed by atoms with Gasteiger partial charge in [0.1, 0.15) is 0 Å². The van der Waals surface area contributed by atoms with Crippen molar-refractivity contribution in [3.63, 3.8) is 0 Å². The van der Waals surface area contributed by atoms with E-state index in [1.807, 2.05) is 0 Å². The minimum atomic E-state index is -1.58. The number of hydrogen-bond acceptors (Lipinski definition) is 3. The lowest BCUT2D eigenvalue weighted by Crippen LogP contribution is -2.52. The molecule has 1 unspecified atom stereocenters. The Labute approximate surface area is 171 Å². The average molecular weight is 414 g/mol. The van der Waals surface area contributed by atoms with Crippen LogP contribution in [-0.4, -0.2) is 34.7 Å². The van der Waals surface area contributed by atoms with Gasteiger partial charge < -0.3 is 4.90 Å². The molecule has 2 aliphatic rings. The molecule has 140 valence electrons. The van der Waals surface area contributed by atoms with Gasteiger partial charge in [0.05, 0.1) is 12.3 Å². The highest BCUT2D eigenvalue weighted by molar-refractivity contribution is 6.37. The van der Waals surface area contributed by atoms with Crippen LogP contribution in [0.1, 0.15) is 23.2 Å². The van der Waals surface area contributed by atoms with Crippen LogP contribution < -0.4 is 4.90 Å². The molecule has 2 heterocycles. The van der Waals surface area contributed by atoms with Crippen LogP contribution in [0.25, 0.3) is 4.85 Å². The van der Waals surface area contributed by atoms with Gasteiger partial charge in [0.25, 0.3) is 5.91 Å². The van der Waals surface area contributed by atoms with Crippen molar-refractivity contribution < 1.29 is 14.4 Å². The predicted molar refractivity (Wildman–Crippen MR) is 105 cm³/mol. The molecule has 2 aliphatic heterocycles. The lowest BCUT2D eigenvalue weighted by atomic mass is 9.86. The number of fused-ring (bicyclic) bond motifs is 1. The summed E-state index contributed by atoms with van der Waals surface area (Å²) >= 11 is 12.1. The van der Waals surface area contributed by atoms with Gasteiger partial charge in [-0.05, 0) is 31.0 Å². The highest BCUT2D eigenvalue weighted by atomic mass is 35.5. The molecule has 2 fully saturated rings. The number of hydrogen-bond donors (Lipinski definition) is 0. The number of benzene rings is 2. The Hall–Kier alpha value is -2.88. The van der Waals surface area contributed by atoms with Gasteiger partial charge in [-0.2, -0.15) is 0 Å². The SMILES string of the molecule is [C-]#[N+]c1ccc(C(=O)C23CCCN2C(=O)N(c2cc(Cl)cc(Cl)c2)C3=O)cc1.